The Morgan fingerprint density at radius 3 is 2.37 bits per heavy atom. The molecule has 4 heterocycles. The molecule has 13 heteroatoms. The topological polar surface area (TPSA) is 158 Å². The molecule has 0 aliphatic rings. The van der Waals surface area contributed by atoms with Crippen LogP contribution in [-0.2, 0) is 18.1 Å². The van der Waals surface area contributed by atoms with E-state index < -0.39 is 23.0 Å². The molecule has 202 valence electrons. The molecule has 0 aliphatic heterocycles. The van der Waals surface area contributed by atoms with E-state index in [4.69, 9.17) is 5.73 Å². The van der Waals surface area contributed by atoms with Gasteiger partial charge in [-0.15, -0.1) is 4.99 Å². The van der Waals surface area contributed by atoms with Gasteiger partial charge in [-0.2, -0.15) is 29.0 Å². The number of nitrogens with zero attached hydrogens (tertiary/aromatic N) is 9. The number of halogens is 3. The second-order valence-electron chi connectivity index (χ2n) is 9.61. The first kappa shape index (κ1) is 26.9. The quantitative estimate of drug-likeness (QED) is 0.315. The predicted molar refractivity (Wildman–Crippen MR) is 142 cm³/mol. The Balaban J connectivity index is 1.86. The zero-order chi connectivity index (χ0) is 29.5. The van der Waals surface area contributed by atoms with Crippen molar-refractivity contribution in [2.45, 2.75) is 32.0 Å². The minimum Gasteiger partial charge on any atom is -0.383 e. The number of anilines is 1. The summed E-state index contributed by atoms with van der Waals surface area (Å²) < 4.78 is 43.8. The molecule has 0 radical (unpaired) electrons. The van der Waals surface area contributed by atoms with Crippen LogP contribution in [0.15, 0.2) is 60.0 Å². The minimum atomic E-state index is -4.69. The summed E-state index contributed by atoms with van der Waals surface area (Å²) in [5, 5.41) is 29.1. The van der Waals surface area contributed by atoms with E-state index >= 15 is 0 Å². The number of pyridine rings is 3. The lowest BCUT2D eigenvalue weighted by Gasteiger charge is -2.15. The Kier molecular flexibility index (Phi) is 6.40. The van der Waals surface area contributed by atoms with Gasteiger partial charge in [0.25, 0.3) is 0 Å². The van der Waals surface area contributed by atoms with Gasteiger partial charge in [-0.3, -0.25) is 19.1 Å². The number of imidazole rings is 1. The first-order chi connectivity index (χ1) is 19.5. The number of hydrogen-bond acceptors (Lipinski definition) is 8. The normalized spacial score (nSPS) is 12.3. The summed E-state index contributed by atoms with van der Waals surface area (Å²) in [4.78, 5) is 16.7. The second-order valence-corrected chi connectivity index (χ2v) is 9.61. The summed E-state index contributed by atoms with van der Waals surface area (Å²) in [5.74, 6) is -0.629. The highest BCUT2D eigenvalue weighted by Crippen LogP contribution is 2.36. The number of benzene rings is 1. The monoisotopic (exact) mass is 552 g/mol. The van der Waals surface area contributed by atoms with Gasteiger partial charge in [-0.05, 0) is 49.7 Å². The van der Waals surface area contributed by atoms with Crippen molar-refractivity contribution in [2.75, 3.05) is 5.73 Å². The molecule has 0 amide bonds. The molecule has 0 bridgehead atoms. The highest BCUT2D eigenvalue weighted by Gasteiger charge is 2.34. The average Bonchev–Trinajstić information content (AvgIpc) is 3.26. The molecule has 0 saturated heterocycles. The molecule has 0 aliphatic carbocycles. The summed E-state index contributed by atoms with van der Waals surface area (Å²) in [6, 6.07) is 13.5. The summed E-state index contributed by atoms with van der Waals surface area (Å²) in [6.07, 6.45) is 1.40. The number of hydrogen-bond donors (Lipinski definition) is 1. The maximum Gasteiger partial charge on any atom is 0.419 e. The van der Waals surface area contributed by atoms with Crippen molar-refractivity contribution in [3.05, 3.63) is 71.9 Å². The van der Waals surface area contributed by atoms with E-state index in [1.165, 1.54) is 23.2 Å². The number of nitriles is 3. The van der Waals surface area contributed by atoms with Crippen LogP contribution >= 0.6 is 0 Å². The molecule has 5 rings (SSSR count). The highest BCUT2D eigenvalue weighted by molar-refractivity contribution is 6.04. The van der Waals surface area contributed by atoms with Gasteiger partial charge < -0.3 is 5.73 Å². The average molecular weight is 553 g/mol. The fraction of sp³-hybridized carbons (Fsp3) is 0.179. The van der Waals surface area contributed by atoms with Gasteiger partial charge in [0.1, 0.15) is 12.4 Å². The molecule has 10 nitrogen and oxygen atoms in total. The molecule has 5 aromatic rings. The SMILES string of the molecule is CC(C)(C#N)c1ccc(-n2c(=NC#N)n(CC#N)c3cnc4ccc(-c5cnc(N)c(C(F)(F)F)c5)cc4c32)cn1. The van der Waals surface area contributed by atoms with Gasteiger partial charge in [0.15, 0.2) is 0 Å². The van der Waals surface area contributed by atoms with Crippen molar-refractivity contribution in [2.24, 2.45) is 4.99 Å². The first-order valence-electron chi connectivity index (χ1n) is 12.0. The number of fused-ring (bicyclic) bond motifs is 3. The van der Waals surface area contributed by atoms with E-state index in [2.05, 4.69) is 32.1 Å². The molecular weight excluding hydrogens is 533 g/mol. The maximum atomic E-state index is 13.5. The molecule has 0 spiro atoms. The van der Waals surface area contributed by atoms with Crippen LogP contribution in [-0.4, -0.2) is 24.1 Å². The minimum absolute atomic E-state index is 0.117. The second kappa shape index (κ2) is 9.78. The smallest absolute Gasteiger partial charge is 0.383 e. The van der Waals surface area contributed by atoms with Crippen LogP contribution < -0.4 is 11.4 Å². The van der Waals surface area contributed by atoms with E-state index in [-0.39, 0.29) is 17.7 Å². The molecule has 1 aromatic carbocycles. The van der Waals surface area contributed by atoms with E-state index in [0.29, 0.717) is 38.9 Å². The van der Waals surface area contributed by atoms with Crippen LogP contribution in [0.25, 0.3) is 38.8 Å². The molecule has 0 atom stereocenters. The van der Waals surface area contributed by atoms with Crippen molar-refractivity contribution in [1.29, 1.82) is 15.8 Å². The van der Waals surface area contributed by atoms with Crippen molar-refractivity contribution >= 4 is 27.8 Å². The Labute approximate surface area is 230 Å². The van der Waals surface area contributed by atoms with Gasteiger partial charge in [-0.25, -0.2) is 4.98 Å². The Hall–Kier alpha value is -5.74. The molecule has 4 aromatic heterocycles. The lowest BCUT2D eigenvalue weighted by atomic mass is 9.91. The maximum absolute atomic E-state index is 13.5. The van der Waals surface area contributed by atoms with Crippen molar-refractivity contribution in [1.82, 2.24) is 24.1 Å². The fourth-order valence-electron chi connectivity index (χ4n) is 4.54. The van der Waals surface area contributed by atoms with Crippen LogP contribution in [0, 0.1) is 34.1 Å². The van der Waals surface area contributed by atoms with Gasteiger partial charge in [0, 0.05) is 17.1 Å². The fourth-order valence-corrected chi connectivity index (χ4v) is 4.54. The molecule has 0 saturated carbocycles. The molecule has 2 N–H and O–H groups in total. The summed E-state index contributed by atoms with van der Waals surface area (Å²) in [5.41, 5.74) is 6.74. The Bertz CT molecular complexity index is 2030. The largest absolute Gasteiger partial charge is 0.419 e. The standard InChI is InChI=1S/C28H19F3N10/c1-27(2,14-33)23-6-4-18(12-37-23)41-24-19-9-16(17-10-20(28(29,30)31)25(35)38-11-17)3-5-21(19)36-13-22(24)40(8-7-32)26(41)39-15-34/h3-6,9-13H,8H2,1-2H3,(H2,35,38). The number of rotatable bonds is 4. The number of aromatic nitrogens is 5. The van der Waals surface area contributed by atoms with Gasteiger partial charge in [0.05, 0.1) is 63.4 Å². The van der Waals surface area contributed by atoms with E-state index in [1.807, 2.05) is 0 Å². The first-order valence-corrected chi connectivity index (χ1v) is 12.0. The van der Waals surface area contributed by atoms with Crippen LogP contribution in [0.5, 0.6) is 0 Å². The van der Waals surface area contributed by atoms with Gasteiger partial charge >= 0.3 is 6.18 Å². The zero-order valence-corrected chi connectivity index (χ0v) is 21.6. The number of alkyl halides is 3. The molecule has 0 fully saturated rings. The van der Waals surface area contributed by atoms with Crippen molar-refractivity contribution in [3.63, 3.8) is 0 Å². The van der Waals surface area contributed by atoms with E-state index in [0.717, 1.165) is 6.07 Å². The van der Waals surface area contributed by atoms with Gasteiger partial charge in [0.2, 0.25) is 11.8 Å². The highest BCUT2D eigenvalue weighted by atomic mass is 19.4. The number of nitrogens with two attached hydrogens (primary N) is 1. The number of nitrogen functional groups attached to an aromatic ring is 1. The van der Waals surface area contributed by atoms with E-state index in [9.17, 15) is 29.0 Å². The Morgan fingerprint density at radius 2 is 1.73 bits per heavy atom. The summed E-state index contributed by atoms with van der Waals surface area (Å²) in [6.45, 7) is 3.30. The van der Waals surface area contributed by atoms with Crippen LogP contribution in [0.2, 0.25) is 0 Å². The lowest BCUT2D eigenvalue weighted by molar-refractivity contribution is -0.137. The Morgan fingerprint density at radius 1 is 0.951 bits per heavy atom. The summed E-state index contributed by atoms with van der Waals surface area (Å²) >= 11 is 0. The third kappa shape index (κ3) is 4.58. The molecule has 41 heavy (non-hydrogen) atoms. The molecular formula is C28H19F3N10. The van der Waals surface area contributed by atoms with Crippen molar-refractivity contribution < 1.29 is 13.2 Å². The van der Waals surface area contributed by atoms with Gasteiger partial charge in [-0.1, -0.05) is 6.07 Å². The molecule has 0 unspecified atom stereocenters. The van der Waals surface area contributed by atoms with Crippen LogP contribution in [0.1, 0.15) is 25.1 Å². The summed E-state index contributed by atoms with van der Waals surface area (Å²) in [7, 11) is 0. The predicted octanol–water partition coefficient (Wildman–Crippen LogP) is 4.74. The van der Waals surface area contributed by atoms with Crippen LogP contribution in [0.3, 0.4) is 0 Å². The lowest BCUT2D eigenvalue weighted by Crippen LogP contribution is -2.25. The van der Waals surface area contributed by atoms with E-state index in [1.54, 1.807) is 54.9 Å². The third-order valence-electron chi connectivity index (χ3n) is 6.64. The van der Waals surface area contributed by atoms with Crippen molar-refractivity contribution in [3.8, 4) is 35.1 Å². The van der Waals surface area contributed by atoms with Crippen LogP contribution in [0.4, 0.5) is 19.0 Å². The third-order valence-corrected chi connectivity index (χ3v) is 6.64. The zero-order valence-electron chi connectivity index (χ0n) is 21.6.